The minimum atomic E-state index is 0. The molecule has 0 radical (unpaired) electrons. The second-order valence-electron chi connectivity index (χ2n) is 2.19. The Morgan fingerprint density at radius 3 is 2.33 bits per heavy atom. The highest BCUT2D eigenvalue weighted by Crippen LogP contribution is 2.00. The average Bonchev–Trinajstić information content (AvgIpc) is 1.83. The smallest absolute Gasteiger partial charge is 0 e. The van der Waals surface area contributed by atoms with E-state index in [9.17, 15) is 0 Å². The summed E-state index contributed by atoms with van der Waals surface area (Å²) in [6.45, 7) is 11.6. The van der Waals surface area contributed by atoms with E-state index in [1.165, 1.54) is 0 Å². The van der Waals surface area contributed by atoms with Crippen LogP contribution in [0.5, 0.6) is 0 Å². The Morgan fingerprint density at radius 2 is 2.00 bits per heavy atom. The number of rotatable bonds is 3. The van der Waals surface area contributed by atoms with E-state index in [2.05, 4.69) is 20.1 Å². The maximum Gasteiger partial charge on any atom is 0 e. The van der Waals surface area contributed by atoms with Crippen molar-refractivity contribution in [1.82, 2.24) is 0 Å². The van der Waals surface area contributed by atoms with Gasteiger partial charge >= 0.3 is 0 Å². The third-order valence-corrected chi connectivity index (χ3v) is 1.06. The molecule has 0 aliphatic heterocycles. The van der Waals surface area contributed by atoms with Crippen LogP contribution < -0.4 is 0 Å². The van der Waals surface area contributed by atoms with Gasteiger partial charge in [0.05, 0.1) is 0 Å². The summed E-state index contributed by atoms with van der Waals surface area (Å²) < 4.78 is 0. The summed E-state index contributed by atoms with van der Waals surface area (Å²) in [4.78, 5) is 0. The van der Waals surface area contributed by atoms with Gasteiger partial charge in [-0.05, 0) is 13.3 Å². The Bertz CT molecular complexity index is 143. The SMILES string of the molecule is C=C(C)/C=C\C(=C)CC.[HH]. The van der Waals surface area contributed by atoms with Crippen molar-refractivity contribution < 1.29 is 1.43 Å². The van der Waals surface area contributed by atoms with Gasteiger partial charge in [0, 0.05) is 1.43 Å². The molecule has 0 amide bonds. The second kappa shape index (κ2) is 4.13. The molecule has 0 heteroatoms. The highest BCUT2D eigenvalue weighted by molar-refractivity contribution is 5.22. The van der Waals surface area contributed by atoms with Crippen molar-refractivity contribution in [1.29, 1.82) is 0 Å². The van der Waals surface area contributed by atoms with Crippen LogP contribution in [0.2, 0.25) is 0 Å². The van der Waals surface area contributed by atoms with Crippen molar-refractivity contribution in [2.45, 2.75) is 20.3 Å². The third-order valence-electron chi connectivity index (χ3n) is 1.06. The zero-order chi connectivity index (χ0) is 7.28. The van der Waals surface area contributed by atoms with Crippen LogP contribution in [-0.4, -0.2) is 0 Å². The Hall–Kier alpha value is -0.780. The molecule has 0 nitrogen and oxygen atoms in total. The first-order chi connectivity index (χ1) is 4.16. The summed E-state index contributed by atoms with van der Waals surface area (Å²) in [6.07, 6.45) is 5.00. The van der Waals surface area contributed by atoms with Crippen LogP contribution in [0.1, 0.15) is 21.7 Å². The van der Waals surface area contributed by atoms with Gasteiger partial charge in [0.15, 0.2) is 0 Å². The average molecular weight is 124 g/mol. The quantitative estimate of drug-likeness (QED) is 0.506. The molecule has 0 rings (SSSR count). The van der Waals surface area contributed by atoms with E-state index in [4.69, 9.17) is 0 Å². The lowest BCUT2D eigenvalue weighted by Gasteiger charge is -1.89. The third kappa shape index (κ3) is 5.09. The molecular formula is C9H16. The van der Waals surface area contributed by atoms with E-state index in [0.29, 0.717) is 0 Å². The van der Waals surface area contributed by atoms with Gasteiger partial charge in [-0.1, -0.05) is 43.4 Å². The van der Waals surface area contributed by atoms with E-state index in [0.717, 1.165) is 17.6 Å². The van der Waals surface area contributed by atoms with Crippen molar-refractivity contribution in [2.75, 3.05) is 0 Å². The van der Waals surface area contributed by atoms with Gasteiger partial charge in [-0.3, -0.25) is 0 Å². The first kappa shape index (κ1) is 8.22. The van der Waals surface area contributed by atoms with E-state index >= 15 is 0 Å². The molecular weight excluding hydrogens is 108 g/mol. The van der Waals surface area contributed by atoms with Crippen molar-refractivity contribution in [3.05, 3.63) is 36.5 Å². The molecule has 0 aromatic heterocycles. The summed E-state index contributed by atoms with van der Waals surface area (Å²) in [6, 6.07) is 0. The number of hydrogen-bond acceptors (Lipinski definition) is 0. The van der Waals surface area contributed by atoms with Gasteiger partial charge in [-0.25, -0.2) is 0 Å². The van der Waals surface area contributed by atoms with Gasteiger partial charge in [0.1, 0.15) is 0 Å². The molecule has 9 heavy (non-hydrogen) atoms. The van der Waals surface area contributed by atoms with Gasteiger partial charge in [0.25, 0.3) is 0 Å². The van der Waals surface area contributed by atoms with Crippen LogP contribution in [-0.2, 0) is 0 Å². The van der Waals surface area contributed by atoms with Crippen LogP contribution in [0.3, 0.4) is 0 Å². The topological polar surface area (TPSA) is 0 Å². The number of hydrogen-bond donors (Lipinski definition) is 0. The van der Waals surface area contributed by atoms with E-state index in [-0.39, 0.29) is 1.43 Å². The summed E-state index contributed by atoms with van der Waals surface area (Å²) >= 11 is 0. The van der Waals surface area contributed by atoms with Crippen LogP contribution >= 0.6 is 0 Å². The maximum absolute atomic E-state index is 3.82. The molecule has 0 fully saturated rings. The Labute approximate surface area is 59.1 Å². The molecule has 0 atom stereocenters. The van der Waals surface area contributed by atoms with Crippen LogP contribution in [0.25, 0.3) is 0 Å². The van der Waals surface area contributed by atoms with E-state index in [1.54, 1.807) is 0 Å². The minimum Gasteiger partial charge on any atom is -0.0961 e. The van der Waals surface area contributed by atoms with E-state index in [1.807, 2.05) is 19.1 Å². The lowest BCUT2D eigenvalue weighted by molar-refractivity contribution is 1.16. The molecule has 0 unspecified atom stereocenters. The first-order valence-corrected chi connectivity index (χ1v) is 3.18. The molecule has 0 N–H and O–H groups in total. The molecule has 0 heterocycles. The highest BCUT2D eigenvalue weighted by Gasteiger charge is 1.79. The fourth-order valence-electron chi connectivity index (χ4n) is 0.378. The standard InChI is InChI=1S/C9H14.H2/c1-5-9(4)7-6-8(2)3;/h6-7H,2,4-5H2,1,3H3;1H/b7-6-;. The minimum absolute atomic E-state index is 0. The highest BCUT2D eigenvalue weighted by atomic mass is 13.9. The molecule has 0 saturated carbocycles. The molecule has 0 aliphatic carbocycles. The summed E-state index contributed by atoms with van der Waals surface area (Å²) in [5.74, 6) is 0. The zero-order valence-electron chi connectivity index (χ0n) is 6.28. The van der Waals surface area contributed by atoms with Crippen molar-refractivity contribution >= 4 is 0 Å². The molecule has 0 aromatic carbocycles. The second-order valence-corrected chi connectivity index (χ2v) is 2.19. The van der Waals surface area contributed by atoms with Crippen LogP contribution in [0.15, 0.2) is 36.5 Å². The lowest BCUT2D eigenvalue weighted by Crippen LogP contribution is -1.69. The molecule has 0 spiro atoms. The first-order valence-electron chi connectivity index (χ1n) is 3.18. The monoisotopic (exact) mass is 124 g/mol. The van der Waals surface area contributed by atoms with Crippen molar-refractivity contribution in [2.24, 2.45) is 0 Å². The molecule has 0 aliphatic rings. The predicted octanol–water partition coefficient (Wildman–Crippen LogP) is 3.33. The van der Waals surface area contributed by atoms with Crippen molar-refractivity contribution in [3.63, 3.8) is 0 Å². The predicted molar refractivity (Wildman–Crippen MR) is 45.5 cm³/mol. The Kier molecular flexibility index (Phi) is 3.78. The summed E-state index contributed by atoms with van der Waals surface area (Å²) in [5, 5.41) is 0. The van der Waals surface area contributed by atoms with Gasteiger partial charge in [-0.15, -0.1) is 0 Å². The van der Waals surface area contributed by atoms with Gasteiger partial charge < -0.3 is 0 Å². The fraction of sp³-hybridized carbons (Fsp3) is 0.333. The molecule has 0 aromatic rings. The summed E-state index contributed by atoms with van der Waals surface area (Å²) in [7, 11) is 0. The molecule has 52 valence electrons. The molecule has 0 bridgehead atoms. The maximum atomic E-state index is 3.82. The lowest BCUT2D eigenvalue weighted by atomic mass is 10.2. The van der Waals surface area contributed by atoms with Crippen LogP contribution in [0.4, 0.5) is 0 Å². The molecule has 0 saturated heterocycles. The Morgan fingerprint density at radius 1 is 1.44 bits per heavy atom. The largest absolute Gasteiger partial charge is 0.0961 e. The Balaban J connectivity index is 0. The van der Waals surface area contributed by atoms with E-state index < -0.39 is 0 Å². The zero-order valence-corrected chi connectivity index (χ0v) is 6.28. The number of allylic oxidation sites excluding steroid dienone is 4. The van der Waals surface area contributed by atoms with Gasteiger partial charge in [0.2, 0.25) is 0 Å². The fourth-order valence-corrected chi connectivity index (χ4v) is 0.378. The summed E-state index contributed by atoms with van der Waals surface area (Å²) in [5.41, 5.74) is 2.22. The van der Waals surface area contributed by atoms with Crippen LogP contribution in [0, 0.1) is 0 Å². The van der Waals surface area contributed by atoms with Gasteiger partial charge in [-0.2, -0.15) is 0 Å². The normalized spacial score (nSPS) is 10.0. The van der Waals surface area contributed by atoms with Crippen molar-refractivity contribution in [3.8, 4) is 0 Å².